The Morgan fingerprint density at radius 2 is 1.68 bits per heavy atom. The van der Waals surface area contributed by atoms with Gasteiger partial charge >= 0.3 is 6.18 Å². The Morgan fingerprint density at radius 3 is 2.30 bits per heavy atom. The first kappa shape index (κ1) is 29.6. The fourth-order valence-corrected chi connectivity index (χ4v) is 4.58. The molecular weight excluding hydrogens is 523 g/mol. The minimum absolute atomic E-state index is 0.0213. The predicted molar refractivity (Wildman–Crippen MR) is 145 cm³/mol. The Bertz CT molecular complexity index is 1220. The van der Waals surface area contributed by atoms with Crippen molar-refractivity contribution in [3.8, 4) is 11.4 Å². The number of carbonyl (C=O) groups is 1. The highest BCUT2D eigenvalue weighted by atomic mass is 19.4. The number of halogens is 3. The van der Waals surface area contributed by atoms with Gasteiger partial charge in [0.15, 0.2) is 0 Å². The number of hydrogen-bond donors (Lipinski definition) is 2. The molecule has 1 aromatic heterocycles. The van der Waals surface area contributed by atoms with Crippen LogP contribution in [0.4, 0.5) is 13.2 Å². The average molecular weight is 560 g/mol. The Balaban J connectivity index is 1.16. The number of aliphatic hydroxyl groups excluding tert-OH is 1. The molecule has 1 fully saturated rings. The van der Waals surface area contributed by atoms with E-state index in [1.807, 2.05) is 41.1 Å². The number of rotatable bonds is 11. The van der Waals surface area contributed by atoms with Crippen LogP contribution in [0.3, 0.4) is 0 Å². The highest BCUT2D eigenvalue weighted by Gasteiger charge is 2.30. The summed E-state index contributed by atoms with van der Waals surface area (Å²) in [4.78, 5) is 16.8. The summed E-state index contributed by atoms with van der Waals surface area (Å²) < 4.78 is 45.4. The molecule has 216 valence electrons. The van der Waals surface area contributed by atoms with Crippen LogP contribution in [0.2, 0.25) is 0 Å². The lowest BCUT2D eigenvalue weighted by molar-refractivity contribution is -0.137. The van der Waals surface area contributed by atoms with Crippen LogP contribution >= 0.6 is 0 Å². The van der Waals surface area contributed by atoms with Crippen LogP contribution in [0.15, 0.2) is 60.7 Å². The number of alkyl halides is 3. The summed E-state index contributed by atoms with van der Waals surface area (Å²) in [6, 6.07) is 16.4. The molecule has 1 unspecified atom stereocenters. The van der Waals surface area contributed by atoms with Crippen molar-refractivity contribution in [2.24, 2.45) is 0 Å². The lowest BCUT2D eigenvalue weighted by Crippen LogP contribution is -2.51. The van der Waals surface area contributed by atoms with Gasteiger partial charge in [-0.3, -0.25) is 14.6 Å². The lowest BCUT2D eigenvalue weighted by atomic mass is 10.1. The van der Waals surface area contributed by atoms with E-state index in [1.165, 1.54) is 12.1 Å². The molecule has 1 aliphatic heterocycles. The van der Waals surface area contributed by atoms with E-state index < -0.39 is 17.8 Å². The SMILES string of the molecule is CC(C)c1cc(CNC(=O)CN2CCN(CC(O)COc3ccc(C(F)(F)F)cc3)CC2)nn1-c1ccccc1. The molecule has 0 spiro atoms. The van der Waals surface area contributed by atoms with Crippen molar-refractivity contribution in [3.63, 3.8) is 0 Å². The molecule has 11 heteroatoms. The van der Waals surface area contributed by atoms with Crippen molar-refractivity contribution >= 4 is 5.91 Å². The van der Waals surface area contributed by atoms with Crippen molar-refractivity contribution in [1.29, 1.82) is 0 Å². The quantitative estimate of drug-likeness (QED) is 0.373. The van der Waals surface area contributed by atoms with E-state index in [-0.39, 0.29) is 30.7 Å². The summed E-state index contributed by atoms with van der Waals surface area (Å²) in [6.45, 7) is 7.95. The third kappa shape index (κ3) is 8.30. The number of hydrogen-bond acceptors (Lipinski definition) is 6. The molecule has 1 saturated heterocycles. The van der Waals surface area contributed by atoms with Crippen LogP contribution in [-0.2, 0) is 17.5 Å². The number of carbonyl (C=O) groups excluding carboxylic acids is 1. The number of amides is 1. The van der Waals surface area contributed by atoms with Gasteiger partial charge in [0, 0.05) is 38.4 Å². The van der Waals surface area contributed by atoms with Crippen LogP contribution in [0.25, 0.3) is 5.69 Å². The smallest absolute Gasteiger partial charge is 0.416 e. The van der Waals surface area contributed by atoms with Crippen LogP contribution < -0.4 is 10.1 Å². The fraction of sp³-hybridized carbons (Fsp3) is 0.448. The molecular formula is C29H36F3N5O3. The van der Waals surface area contributed by atoms with E-state index in [0.717, 1.165) is 29.2 Å². The molecule has 2 heterocycles. The van der Waals surface area contributed by atoms with Gasteiger partial charge in [0.1, 0.15) is 18.5 Å². The highest BCUT2D eigenvalue weighted by molar-refractivity contribution is 5.78. The largest absolute Gasteiger partial charge is 0.491 e. The van der Waals surface area contributed by atoms with Crippen molar-refractivity contribution in [1.82, 2.24) is 24.9 Å². The molecule has 0 aliphatic carbocycles. The Labute approximate surface area is 232 Å². The van der Waals surface area contributed by atoms with Crippen LogP contribution in [0, 0.1) is 0 Å². The maximum Gasteiger partial charge on any atom is 0.416 e. The first-order chi connectivity index (χ1) is 19.1. The number of ether oxygens (including phenoxy) is 1. The number of aromatic nitrogens is 2. The fourth-order valence-electron chi connectivity index (χ4n) is 4.58. The highest BCUT2D eigenvalue weighted by Crippen LogP contribution is 2.30. The van der Waals surface area contributed by atoms with Crippen LogP contribution in [-0.4, -0.2) is 82.6 Å². The number of nitrogens with zero attached hydrogens (tertiary/aromatic N) is 4. The maximum absolute atomic E-state index is 12.7. The zero-order valence-corrected chi connectivity index (χ0v) is 22.8. The third-order valence-electron chi connectivity index (χ3n) is 6.77. The molecule has 2 N–H and O–H groups in total. The molecule has 1 aliphatic rings. The first-order valence-corrected chi connectivity index (χ1v) is 13.4. The number of piperazine rings is 1. The van der Waals surface area contributed by atoms with Gasteiger partial charge in [-0.05, 0) is 48.4 Å². The number of nitrogens with one attached hydrogen (secondary N) is 1. The Morgan fingerprint density at radius 1 is 1.02 bits per heavy atom. The second-order valence-corrected chi connectivity index (χ2v) is 10.3. The molecule has 4 rings (SSSR count). The summed E-state index contributed by atoms with van der Waals surface area (Å²) in [6.07, 6.45) is -5.19. The molecule has 40 heavy (non-hydrogen) atoms. The van der Waals surface area contributed by atoms with E-state index in [4.69, 9.17) is 9.84 Å². The van der Waals surface area contributed by atoms with E-state index in [1.54, 1.807) is 0 Å². The van der Waals surface area contributed by atoms with Crippen LogP contribution in [0.1, 0.15) is 36.7 Å². The second kappa shape index (κ2) is 13.3. The van der Waals surface area contributed by atoms with Gasteiger partial charge in [0.05, 0.1) is 30.0 Å². The average Bonchev–Trinajstić information content (AvgIpc) is 3.37. The van der Waals surface area contributed by atoms with Crippen molar-refractivity contribution in [2.45, 2.75) is 38.6 Å². The summed E-state index contributed by atoms with van der Waals surface area (Å²) in [5.41, 5.74) is 2.13. The number of aliphatic hydroxyl groups is 1. The molecule has 2 aromatic carbocycles. The molecule has 0 saturated carbocycles. The summed E-state index contributed by atoms with van der Waals surface area (Å²) in [7, 11) is 0. The molecule has 1 atom stereocenters. The second-order valence-electron chi connectivity index (χ2n) is 10.3. The van der Waals surface area contributed by atoms with E-state index in [9.17, 15) is 23.1 Å². The molecule has 0 bridgehead atoms. The molecule has 8 nitrogen and oxygen atoms in total. The standard InChI is InChI=1S/C29H36F3N5O3/c1-21(2)27-16-23(34-37(27)24-6-4-3-5-7-24)17-33-28(39)19-36-14-12-35(13-15-36)18-25(38)20-40-26-10-8-22(9-11-26)29(30,31)32/h3-11,16,21,25,38H,12-15,17-20H2,1-2H3,(H,33,39). The minimum Gasteiger partial charge on any atom is -0.491 e. The van der Waals surface area contributed by atoms with Crippen molar-refractivity contribution in [3.05, 3.63) is 77.6 Å². The summed E-state index contributed by atoms with van der Waals surface area (Å²) in [5.74, 6) is 0.484. The van der Waals surface area contributed by atoms with Gasteiger partial charge in [-0.25, -0.2) is 4.68 Å². The number of benzene rings is 2. The normalized spacial score (nSPS) is 15.8. The zero-order valence-electron chi connectivity index (χ0n) is 22.8. The number of para-hydroxylation sites is 1. The van der Waals surface area contributed by atoms with Gasteiger partial charge < -0.3 is 15.2 Å². The monoisotopic (exact) mass is 559 g/mol. The lowest BCUT2D eigenvalue weighted by Gasteiger charge is -2.35. The predicted octanol–water partition coefficient (Wildman–Crippen LogP) is 3.69. The van der Waals surface area contributed by atoms with Gasteiger partial charge in [-0.2, -0.15) is 18.3 Å². The number of β-amino-alcohol motifs (C(OH)–C–C–N with tert-alkyl or cyclic N) is 1. The van der Waals surface area contributed by atoms with Gasteiger partial charge in [0.25, 0.3) is 0 Å². The van der Waals surface area contributed by atoms with Crippen molar-refractivity contribution < 1.29 is 27.8 Å². The molecule has 3 aromatic rings. The van der Waals surface area contributed by atoms with Crippen LogP contribution in [0.5, 0.6) is 5.75 Å². The molecule has 1 amide bonds. The Hall–Kier alpha value is -3.41. The first-order valence-electron chi connectivity index (χ1n) is 13.4. The summed E-state index contributed by atoms with van der Waals surface area (Å²) >= 11 is 0. The van der Waals surface area contributed by atoms with Gasteiger partial charge in [-0.15, -0.1) is 0 Å². The van der Waals surface area contributed by atoms with Gasteiger partial charge in [0.2, 0.25) is 5.91 Å². The van der Waals surface area contributed by atoms with E-state index in [2.05, 4.69) is 29.0 Å². The zero-order chi connectivity index (χ0) is 28.7. The topological polar surface area (TPSA) is 82.9 Å². The summed E-state index contributed by atoms with van der Waals surface area (Å²) in [5, 5.41) is 18.0. The maximum atomic E-state index is 12.7. The molecule has 0 radical (unpaired) electrons. The van der Waals surface area contributed by atoms with Crippen molar-refractivity contribution in [2.75, 3.05) is 45.9 Å². The minimum atomic E-state index is -4.40. The Kier molecular flexibility index (Phi) is 9.83. The van der Waals surface area contributed by atoms with E-state index >= 15 is 0 Å². The van der Waals surface area contributed by atoms with Gasteiger partial charge in [-0.1, -0.05) is 32.0 Å². The van der Waals surface area contributed by atoms with E-state index in [0.29, 0.717) is 39.3 Å². The third-order valence-corrected chi connectivity index (χ3v) is 6.77.